The van der Waals surface area contributed by atoms with Gasteiger partial charge >= 0.3 is 0 Å². The Morgan fingerprint density at radius 3 is 2.77 bits per heavy atom. The van der Waals surface area contributed by atoms with Crippen molar-refractivity contribution in [3.05, 3.63) is 58.9 Å². The zero-order chi connectivity index (χ0) is 20.8. The van der Waals surface area contributed by atoms with Gasteiger partial charge in [0.25, 0.3) is 0 Å². The number of imidazole rings is 1. The molecule has 0 fully saturated rings. The van der Waals surface area contributed by atoms with Crippen LogP contribution in [0.1, 0.15) is 28.7 Å². The second-order valence-corrected chi connectivity index (χ2v) is 7.81. The molecule has 5 aromatic heterocycles. The van der Waals surface area contributed by atoms with Gasteiger partial charge in [-0.1, -0.05) is 6.92 Å². The number of pyridine rings is 2. The fourth-order valence-electron chi connectivity index (χ4n) is 3.76. The summed E-state index contributed by atoms with van der Waals surface area (Å²) < 4.78 is 9.50. The molecule has 5 rings (SSSR count). The number of rotatable bonds is 5. The van der Waals surface area contributed by atoms with Gasteiger partial charge in [0.2, 0.25) is 0 Å². The average molecular weight is 417 g/mol. The standard InChI is InChI=1S/C22H19N5O2S/c1-4-16-6-5-15-11-17(27(21(15)24-16)22-23-7-8-30-22)20-13(2)26-18(25-20)9-14(12-28)10-19(26)29-3/h5-12H,4H2,1-3H3. The summed E-state index contributed by atoms with van der Waals surface area (Å²) in [7, 11) is 1.59. The van der Waals surface area contributed by atoms with Crippen LogP contribution in [0.15, 0.2) is 41.9 Å². The summed E-state index contributed by atoms with van der Waals surface area (Å²) in [6, 6.07) is 9.70. The molecule has 0 bridgehead atoms. The minimum Gasteiger partial charge on any atom is -0.482 e. The summed E-state index contributed by atoms with van der Waals surface area (Å²) in [4.78, 5) is 25.6. The number of hydrogen-bond donors (Lipinski definition) is 0. The molecule has 0 aromatic carbocycles. The highest BCUT2D eigenvalue weighted by Crippen LogP contribution is 2.34. The molecule has 8 heteroatoms. The highest BCUT2D eigenvalue weighted by molar-refractivity contribution is 7.12. The maximum absolute atomic E-state index is 11.4. The van der Waals surface area contributed by atoms with E-state index in [0.717, 1.165) is 51.6 Å². The minimum atomic E-state index is 0.519. The van der Waals surface area contributed by atoms with E-state index in [4.69, 9.17) is 14.7 Å². The van der Waals surface area contributed by atoms with Crippen molar-refractivity contribution in [3.63, 3.8) is 0 Å². The monoisotopic (exact) mass is 417 g/mol. The van der Waals surface area contributed by atoms with Crippen LogP contribution in [-0.2, 0) is 6.42 Å². The molecule has 150 valence electrons. The minimum absolute atomic E-state index is 0.519. The molecular weight excluding hydrogens is 398 g/mol. The van der Waals surface area contributed by atoms with Gasteiger partial charge in [-0.25, -0.2) is 15.0 Å². The number of carbonyl (C=O) groups is 1. The van der Waals surface area contributed by atoms with Crippen molar-refractivity contribution in [3.8, 4) is 22.4 Å². The Hall–Kier alpha value is -3.52. The molecule has 5 heterocycles. The Morgan fingerprint density at radius 1 is 1.20 bits per heavy atom. The summed E-state index contributed by atoms with van der Waals surface area (Å²) in [5.74, 6) is 0.564. The molecule has 5 aromatic rings. The van der Waals surface area contributed by atoms with Gasteiger partial charge in [-0.15, -0.1) is 11.3 Å². The lowest BCUT2D eigenvalue weighted by atomic mass is 10.2. The number of aromatic nitrogens is 5. The summed E-state index contributed by atoms with van der Waals surface area (Å²) in [6.45, 7) is 4.09. The smallest absolute Gasteiger partial charge is 0.199 e. The van der Waals surface area contributed by atoms with Crippen molar-refractivity contribution in [2.75, 3.05) is 7.11 Å². The van der Waals surface area contributed by atoms with Gasteiger partial charge in [-0.05, 0) is 37.6 Å². The molecule has 0 aliphatic heterocycles. The van der Waals surface area contributed by atoms with Crippen molar-refractivity contribution < 1.29 is 9.53 Å². The highest BCUT2D eigenvalue weighted by Gasteiger charge is 2.22. The van der Waals surface area contributed by atoms with Crippen molar-refractivity contribution in [1.82, 2.24) is 23.9 Å². The van der Waals surface area contributed by atoms with E-state index in [1.807, 2.05) is 22.8 Å². The van der Waals surface area contributed by atoms with Crippen LogP contribution < -0.4 is 4.74 Å². The van der Waals surface area contributed by atoms with E-state index in [-0.39, 0.29) is 0 Å². The van der Waals surface area contributed by atoms with Crippen molar-refractivity contribution in [2.24, 2.45) is 0 Å². The number of carbonyl (C=O) groups excluding carboxylic acids is 1. The van der Waals surface area contributed by atoms with Gasteiger partial charge in [-0.3, -0.25) is 13.8 Å². The predicted molar refractivity (Wildman–Crippen MR) is 117 cm³/mol. The summed E-state index contributed by atoms with van der Waals surface area (Å²) in [6.07, 6.45) is 3.44. The van der Waals surface area contributed by atoms with Gasteiger partial charge in [0.05, 0.1) is 18.5 Å². The molecule has 30 heavy (non-hydrogen) atoms. The van der Waals surface area contributed by atoms with Gasteiger partial charge in [0, 0.05) is 34.3 Å². The van der Waals surface area contributed by atoms with Gasteiger partial charge in [0.1, 0.15) is 23.3 Å². The third-order valence-corrected chi connectivity index (χ3v) is 5.97. The maximum atomic E-state index is 11.4. The molecule has 0 radical (unpaired) electrons. The van der Waals surface area contributed by atoms with Crippen molar-refractivity contribution in [1.29, 1.82) is 0 Å². The number of methoxy groups -OCH3 is 1. The first-order valence-electron chi connectivity index (χ1n) is 9.58. The summed E-state index contributed by atoms with van der Waals surface area (Å²) in [5, 5.41) is 3.80. The van der Waals surface area contributed by atoms with E-state index in [0.29, 0.717) is 17.1 Å². The summed E-state index contributed by atoms with van der Waals surface area (Å²) >= 11 is 1.55. The zero-order valence-electron chi connectivity index (χ0n) is 16.8. The number of aldehydes is 1. The van der Waals surface area contributed by atoms with E-state index in [9.17, 15) is 4.79 Å². The predicted octanol–water partition coefficient (Wildman–Crippen LogP) is 4.49. The topological polar surface area (TPSA) is 74.3 Å². The van der Waals surface area contributed by atoms with Crippen molar-refractivity contribution >= 4 is 34.3 Å². The molecule has 0 amide bonds. The SMILES string of the molecule is CCc1ccc2cc(-c3nc4cc(C=O)cc(OC)n4c3C)n(-c3nccs3)c2n1. The maximum Gasteiger partial charge on any atom is 0.199 e. The Labute approximate surface area is 176 Å². The third kappa shape index (κ3) is 2.72. The van der Waals surface area contributed by atoms with Crippen LogP contribution in [0.5, 0.6) is 5.88 Å². The molecule has 0 spiro atoms. The first kappa shape index (κ1) is 18.5. The second-order valence-electron chi connectivity index (χ2n) is 6.94. The first-order valence-corrected chi connectivity index (χ1v) is 10.5. The fraction of sp³-hybridized carbons (Fsp3) is 0.182. The van der Waals surface area contributed by atoms with Crippen LogP contribution in [0.2, 0.25) is 0 Å². The zero-order valence-corrected chi connectivity index (χ0v) is 17.6. The van der Waals surface area contributed by atoms with Crippen molar-refractivity contribution in [2.45, 2.75) is 20.3 Å². The molecule has 0 unspecified atom stereocenters. The fourth-order valence-corrected chi connectivity index (χ4v) is 4.42. The van der Waals surface area contributed by atoms with Crippen LogP contribution in [0.25, 0.3) is 33.2 Å². The van der Waals surface area contributed by atoms with E-state index < -0.39 is 0 Å². The molecular formula is C22H19N5O2S. The average Bonchev–Trinajstić information content (AvgIpc) is 3.49. The molecule has 0 saturated carbocycles. The number of nitrogens with zero attached hydrogens (tertiary/aromatic N) is 5. The Balaban J connectivity index is 1.85. The number of ether oxygens (including phenoxy) is 1. The Morgan fingerprint density at radius 2 is 2.07 bits per heavy atom. The van der Waals surface area contributed by atoms with Gasteiger partial charge < -0.3 is 4.74 Å². The quantitative estimate of drug-likeness (QED) is 0.394. The number of aryl methyl sites for hydroxylation is 2. The Bertz CT molecular complexity index is 1400. The van der Waals surface area contributed by atoms with E-state index >= 15 is 0 Å². The van der Waals surface area contributed by atoms with Gasteiger partial charge in [0.15, 0.2) is 11.0 Å². The summed E-state index contributed by atoms with van der Waals surface area (Å²) in [5.41, 5.74) is 5.66. The number of fused-ring (bicyclic) bond motifs is 2. The van der Waals surface area contributed by atoms with Crippen LogP contribution in [0, 0.1) is 6.92 Å². The molecule has 7 nitrogen and oxygen atoms in total. The lowest BCUT2D eigenvalue weighted by Gasteiger charge is -2.08. The van der Waals surface area contributed by atoms with E-state index in [1.54, 1.807) is 36.8 Å². The molecule has 0 atom stereocenters. The lowest BCUT2D eigenvalue weighted by molar-refractivity contribution is 0.112. The first-order chi connectivity index (χ1) is 14.6. The number of thiazole rings is 1. The highest BCUT2D eigenvalue weighted by atomic mass is 32.1. The molecule has 0 N–H and O–H groups in total. The van der Waals surface area contributed by atoms with E-state index in [2.05, 4.69) is 28.6 Å². The largest absolute Gasteiger partial charge is 0.482 e. The lowest BCUT2D eigenvalue weighted by Crippen LogP contribution is -2.00. The van der Waals surface area contributed by atoms with Crippen LogP contribution in [-0.4, -0.2) is 37.3 Å². The Kier molecular flexibility index (Phi) is 4.36. The molecule has 0 saturated heterocycles. The normalized spacial score (nSPS) is 11.4. The van der Waals surface area contributed by atoms with E-state index in [1.165, 1.54) is 0 Å². The van der Waals surface area contributed by atoms with Crippen LogP contribution in [0.4, 0.5) is 0 Å². The molecule has 0 aliphatic carbocycles. The second kappa shape index (κ2) is 7.07. The van der Waals surface area contributed by atoms with Gasteiger partial charge in [-0.2, -0.15) is 0 Å². The molecule has 0 aliphatic rings. The van der Waals surface area contributed by atoms with Crippen LogP contribution >= 0.6 is 11.3 Å². The third-order valence-electron chi connectivity index (χ3n) is 5.21. The van der Waals surface area contributed by atoms with Crippen LogP contribution in [0.3, 0.4) is 0 Å². The number of hydrogen-bond acceptors (Lipinski definition) is 6.